The molecule has 0 aliphatic rings. The quantitative estimate of drug-likeness (QED) is 0.746. The number of hydrogen-bond donors (Lipinski definition) is 1. The van der Waals surface area contributed by atoms with Gasteiger partial charge >= 0.3 is 0 Å². The molecule has 0 saturated heterocycles. The highest BCUT2D eigenvalue weighted by molar-refractivity contribution is 5.85. The summed E-state index contributed by atoms with van der Waals surface area (Å²) < 4.78 is 5.48. The van der Waals surface area contributed by atoms with Crippen molar-refractivity contribution < 1.29 is 4.42 Å². The van der Waals surface area contributed by atoms with E-state index >= 15 is 0 Å². The van der Waals surface area contributed by atoms with Crippen LogP contribution in [-0.2, 0) is 0 Å². The zero-order valence-electron chi connectivity index (χ0n) is 10.1. The number of pyridine rings is 1. The molecule has 3 heteroatoms. The molecule has 3 aromatic rings. The first-order chi connectivity index (χ1) is 8.77. The molecule has 0 spiro atoms. The van der Waals surface area contributed by atoms with Crippen LogP contribution < -0.4 is 5.73 Å². The van der Waals surface area contributed by atoms with E-state index in [2.05, 4.69) is 11.1 Å². The minimum atomic E-state index is -0.257. The summed E-state index contributed by atoms with van der Waals surface area (Å²) in [6.07, 6.45) is 5.31. The van der Waals surface area contributed by atoms with Gasteiger partial charge in [0.15, 0.2) is 0 Å². The van der Waals surface area contributed by atoms with Crippen molar-refractivity contribution in [3.8, 4) is 0 Å². The lowest BCUT2D eigenvalue weighted by atomic mass is 9.98. The number of hydrogen-bond acceptors (Lipinski definition) is 3. The molecule has 1 atom stereocenters. The summed E-state index contributed by atoms with van der Waals surface area (Å²) in [7, 11) is 0. The van der Waals surface area contributed by atoms with Crippen LogP contribution in [0.4, 0.5) is 0 Å². The molecule has 2 N–H and O–H groups in total. The van der Waals surface area contributed by atoms with Gasteiger partial charge in [-0.15, -0.1) is 0 Å². The van der Waals surface area contributed by atoms with Crippen molar-refractivity contribution in [3.05, 3.63) is 65.9 Å². The van der Waals surface area contributed by atoms with Crippen LogP contribution in [0.3, 0.4) is 0 Å². The van der Waals surface area contributed by atoms with Gasteiger partial charge < -0.3 is 10.2 Å². The Morgan fingerprint density at radius 3 is 2.89 bits per heavy atom. The molecule has 0 saturated carbocycles. The first kappa shape index (κ1) is 11.0. The summed E-state index contributed by atoms with van der Waals surface area (Å²) in [5.41, 5.74) is 8.42. The van der Waals surface area contributed by atoms with Gasteiger partial charge in [0.05, 0.1) is 12.3 Å². The molecule has 1 aromatic carbocycles. The third-order valence-corrected chi connectivity index (χ3v) is 3.24. The van der Waals surface area contributed by atoms with E-state index in [4.69, 9.17) is 10.2 Å². The van der Waals surface area contributed by atoms with E-state index in [9.17, 15) is 0 Å². The molecule has 1 unspecified atom stereocenters. The highest BCUT2D eigenvalue weighted by Gasteiger charge is 2.16. The number of aryl methyl sites for hydroxylation is 1. The van der Waals surface area contributed by atoms with Gasteiger partial charge in [0.1, 0.15) is 5.76 Å². The van der Waals surface area contributed by atoms with Gasteiger partial charge in [-0.2, -0.15) is 0 Å². The molecule has 18 heavy (non-hydrogen) atoms. The normalized spacial score (nSPS) is 12.8. The number of benzene rings is 1. The predicted molar refractivity (Wildman–Crippen MR) is 71.2 cm³/mol. The first-order valence-corrected chi connectivity index (χ1v) is 5.89. The van der Waals surface area contributed by atoms with Crippen LogP contribution in [0, 0.1) is 6.92 Å². The second kappa shape index (κ2) is 4.27. The van der Waals surface area contributed by atoms with Gasteiger partial charge in [-0.3, -0.25) is 4.98 Å². The van der Waals surface area contributed by atoms with Gasteiger partial charge in [-0.1, -0.05) is 18.2 Å². The Balaban J connectivity index is 2.18. The van der Waals surface area contributed by atoms with Crippen molar-refractivity contribution in [1.82, 2.24) is 4.98 Å². The van der Waals surface area contributed by atoms with E-state index in [0.717, 1.165) is 27.7 Å². The van der Waals surface area contributed by atoms with E-state index in [1.54, 1.807) is 12.5 Å². The molecule has 0 radical (unpaired) electrons. The topological polar surface area (TPSA) is 52.0 Å². The second-order valence-corrected chi connectivity index (χ2v) is 4.39. The highest BCUT2D eigenvalue weighted by Crippen LogP contribution is 2.28. The standard InChI is InChI=1S/C15H14N2O/c1-10-6-8-18-15(10)14(16)12-4-2-3-11-5-7-17-9-13(11)12/h2-9,14H,16H2,1H3. The Morgan fingerprint density at radius 1 is 1.22 bits per heavy atom. The SMILES string of the molecule is Cc1ccoc1C(N)c1cccc2ccncc12. The molecule has 3 rings (SSSR count). The maximum atomic E-state index is 6.31. The molecule has 0 fully saturated rings. The summed E-state index contributed by atoms with van der Waals surface area (Å²) in [5, 5.41) is 2.21. The molecule has 3 nitrogen and oxygen atoms in total. The minimum Gasteiger partial charge on any atom is -0.467 e. The van der Waals surface area contributed by atoms with E-state index < -0.39 is 0 Å². The maximum Gasteiger partial charge on any atom is 0.127 e. The Kier molecular flexibility index (Phi) is 2.61. The zero-order chi connectivity index (χ0) is 12.5. The predicted octanol–water partition coefficient (Wildman–Crippen LogP) is 3.18. The fourth-order valence-corrected chi connectivity index (χ4v) is 2.25. The monoisotopic (exact) mass is 238 g/mol. The number of nitrogens with zero attached hydrogens (tertiary/aromatic N) is 1. The van der Waals surface area contributed by atoms with E-state index in [-0.39, 0.29) is 6.04 Å². The third-order valence-electron chi connectivity index (χ3n) is 3.24. The van der Waals surface area contributed by atoms with Crippen molar-refractivity contribution in [2.75, 3.05) is 0 Å². The Morgan fingerprint density at radius 2 is 2.11 bits per heavy atom. The molecular weight excluding hydrogens is 224 g/mol. The summed E-state index contributed by atoms with van der Waals surface area (Å²) >= 11 is 0. The van der Waals surface area contributed by atoms with Crippen molar-refractivity contribution in [3.63, 3.8) is 0 Å². The molecule has 0 aliphatic heterocycles. The van der Waals surface area contributed by atoms with Crippen molar-refractivity contribution in [2.24, 2.45) is 5.73 Å². The number of fused-ring (bicyclic) bond motifs is 1. The summed E-state index contributed by atoms with van der Waals surface area (Å²) in [5.74, 6) is 0.811. The van der Waals surface area contributed by atoms with Gasteiger partial charge in [0, 0.05) is 17.8 Å². The number of rotatable bonds is 2. The Hall–Kier alpha value is -2.13. The molecular formula is C15H14N2O. The molecule has 0 bridgehead atoms. The number of furan rings is 1. The van der Waals surface area contributed by atoms with Gasteiger partial charge in [-0.25, -0.2) is 0 Å². The Labute approximate surface area is 105 Å². The van der Waals surface area contributed by atoms with Crippen LogP contribution in [0.25, 0.3) is 10.8 Å². The number of nitrogens with two attached hydrogens (primary N) is 1. The average molecular weight is 238 g/mol. The lowest BCUT2D eigenvalue weighted by Crippen LogP contribution is -2.12. The van der Waals surface area contributed by atoms with E-state index in [1.165, 1.54) is 0 Å². The molecule has 0 amide bonds. The Bertz CT molecular complexity index is 682. The van der Waals surface area contributed by atoms with Crippen LogP contribution in [0.1, 0.15) is 22.9 Å². The molecule has 90 valence electrons. The smallest absolute Gasteiger partial charge is 0.127 e. The molecule has 2 aromatic heterocycles. The largest absolute Gasteiger partial charge is 0.467 e. The third kappa shape index (κ3) is 1.69. The summed E-state index contributed by atoms with van der Waals surface area (Å²) in [4.78, 5) is 4.17. The van der Waals surface area contributed by atoms with Crippen LogP contribution >= 0.6 is 0 Å². The lowest BCUT2D eigenvalue weighted by molar-refractivity contribution is 0.487. The number of aromatic nitrogens is 1. The highest BCUT2D eigenvalue weighted by atomic mass is 16.3. The summed E-state index contributed by atoms with van der Waals surface area (Å²) in [6.45, 7) is 2.00. The fourth-order valence-electron chi connectivity index (χ4n) is 2.25. The van der Waals surface area contributed by atoms with Crippen LogP contribution in [-0.4, -0.2) is 4.98 Å². The van der Waals surface area contributed by atoms with Crippen molar-refractivity contribution >= 4 is 10.8 Å². The molecule has 2 heterocycles. The van der Waals surface area contributed by atoms with Gasteiger partial charge in [0.2, 0.25) is 0 Å². The lowest BCUT2D eigenvalue weighted by Gasteiger charge is -2.13. The minimum absolute atomic E-state index is 0.257. The van der Waals surface area contributed by atoms with Crippen molar-refractivity contribution in [1.29, 1.82) is 0 Å². The van der Waals surface area contributed by atoms with Crippen LogP contribution in [0.15, 0.2) is 53.4 Å². The van der Waals surface area contributed by atoms with Crippen molar-refractivity contribution in [2.45, 2.75) is 13.0 Å². The van der Waals surface area contributed by atoms with E-state index in [0.29, 0.717) is 0 Å². The maximum absolute atomic E-state index is 6.31. The van der Waals surface area contributed by atoms with Gasteiger partial charge in [-0.05, 0) is 35.6 Å². The first-order valence-electron chi connectivity index (χ1n) is 5.89. The van der Waals surface area contributed by atoms with Gasteiger partial charge in [0.25, 0.3) is 0 Å². The second-order valence-electron chi connectivity index (χ2n) is 4.39. The fraction of sp³-hybridized carbons (Fsp3) is 0.133. The zero-order valence-corrected chi connectivity index (χ0v) is 10.1. The van der Waals surface area contributed by atoms with Crippen LogP contribution in [0.5, 0.6) is 0 Å². The average Bonchev–Trinajstić information content (AvgIpc) is 2.83. The molecule has 0 aliphatic carbocycles. The van der Waals surface area contributed by atoms with Crippen LogP contribution in [0.2, 0.25) is 0 Å². The summed E-state index contributed by atoms with van der Waals surface area (Å²) in [6, 6.07) is 9.75. The van der Waals surface area contributed by atoms with E-state index in [1.807, 2.05) is 37.4 Å².